The summed E-state index contributed by atoms with van der Waals surface area (Å²) < 4.78 is 5.98. The predicted molar refractivity (Wildman–Crippen MR) is 133 cm³/mol. The zero-order valence-electron chi connectivity index (χ0n) is 19.9. The summed E-state index contributed by atoms with van der Waals surface area (Å²) in [6.45, 7) is 8.58. The maximum absolute atomic E-state index is 10.9. The Bertz CT molecular complexity index is 1050. The van der Waals surface area contributed by atoms with Crippen molar-refractivity contribution in [2.24, 2.45) is 28.8 Å². The van der Waals surface area contributed by atoms with Crippen LogP contribution in [0.5, 0.6) is 0 Å². The summed E-state index contributed by atoms with van der Waals surface area (Å²) in [4.78, 5) is 3.78. The van der Waals surface area contributed by atoms with Gasteiger partial charge in [-0.15, -0.1) is 5.10 Å². The van der Waals surface area contributed by atoms with Crippen LogP contribution in [0, 0.1) is 34.1 Å². The molecule has 4 rings (SSSR count). The SMILES string of the molecule is CC1=C[C@@H](CNCc2cccnc2)[C@H](C(C)C)C[C@H]1CC1=NNC(=C2C=CC(=[N+]([O-])[O-])C=C2)O1. The average Bonchev–Trinajstić information content (AvgIpc) is 3.30. The summed E-state index contributed by atoms with van der Waals surface area (Å²) in [5.41, 5.74) is 6.30. The lowest BCUT2D eigenvalue weighted by Gasteiger charge is -2.37. The largest absolute Gasteiger partial charge is 0.612 e. The van der Waals surface area contributed by atoms with Gasteiger partial charge in [-0.25, -0.2) is 5.43 Å². The molecule has 3 atom stereocenters. The summed E-state index contributed by atoms with van der Waals surface area (Å²) in [5.74, 6) is 3.17. The van der Waals surface area contributed by atoms with E-state index in [1.54, 1.807) is 18.3 Å². The van der Waals surface area contributed by atoms with Crippen LogP contribution in [0.15, 0.2) is 77.0 Å². The third kappa shape index (κ3) is 5.75. The molecule has 0 saturated heterocycles. The molecule has 0 aromatic carbocycles. The lowest BCUT2D eigenvalue weighted by Crippen LogP contribution is -2.34. The highest BCUT2D eigenvalue weighted by molar-refractivity contribution is 6.02. The minimum atomic E-state index is -0.412. The van der Waals surface area contributed by atoms with Crippen LogP contribution >= 0.6 is 0 Å². The number of ether oxygens (including phenoxy) is 1. The summed E-state index contributed by atoms with van der Waals surface area (Å²) in [7, 11) is 0. The number of allylic oxidation sites excluding steroid dienone is 6. The highest BCUT2D eigenvalue weighted by Crippen LogP contribution is 2.39. The Kier molecular flexibility index (Phi) is 7.47. The van der Waals surface area contributed by atoms with Crippen molar-refractivity contribution in [1.82, 2.24) is 15.7 Å². The highest BCUT2D eigenvalue weighted by atomic mass is 16.8. The van der Waals surface area contributed by atoms with Crippen molar-refractivity contribution in [3.05, 3.63) is 87.9 Å². The van der Waals surface area contributed by atoms with E-state index in [9.17, 15) is 10.4 Å². The summed E-state index contributed by atoms with van der Waals surface area (Å²) >= 11 is 0. The van der Waals surface area contributed by atoms with Gasteiger partial charge in [-0.1, -0.05) is 31.6 Å². The van der Waals surface area contributed by atoms with E-state index in [-0.39, 0.29) is 5.71 Å². The van der Waals surface area contributed by atoms with Crippen LogP contribution in [-0.4, -0.2) is 28.0 Å². The van der Waals surface area contributed by atoms with E-state index in [0.29, 0.717) is 35.5 Å². The average molecular weight is 463 g/mol. The van der Waals surface area contributed by atoms with Crippen LogP contribution < -0.4 is 10.7 Å². The van der Waals surface area contributed by atoms with Crippen molar-refractivity contribution in [2.75, 3.05) is 6.54 Å². The molecule has 2 aliphatic carbocycles. The van der Waals surface area contributed by atoms with Crippen LogP contribution in [0.1, 0.15) is 39.2 Å². The van der Waals surface area contributed by atoms with Gasteiger partial charge in [0.2, 0.25) is 17.5 Å². The van der Waals surface area contributed by atoms with Crippen molar-refractivity contribution >= 4 is 11.6 Å². The molecule has 0 bridgehead atoms. The molecule has 34 heavy (non-hydrogen) atoms. The minimum absolute atomic E-state index is 0.0515. The van der Waals surface area contributed by atoms with Crippen molar-refractivity contribution in [3.63, 3.8) is 0 Å². The van der Waals surface area contributed by atoms with Gasteiger partial charge in [-0.2, -0.15) is 4.90 Å². The van der Waals surface area contributed by atoms with Crippen molar-refractivity contribution in [3.8, 4) is 0 Å². The standard InChI is InChI=1S/C26H32N5O3/c1-17(2)24-12-21(18(3)11-22(24)16-28-15-19-5-4-10-27-14-19)13-25-29-30-26(34-25)20-6-8-23(9-7-20)31(32)33/h4-11,14,17,21-22,24,28,30H,12-13,15-16H2,1-3H3/q-1/t21-,22-,24-/m0/s1. The first kappa shape index (κ1) is 23.8. The van der Waals surface area contributed by atoms with Crippen LogP contribution in [0.3, 0.4) is 0 Å². The van der Waals surface area contributed by atoms with E-state index < -0.39 is 4.90 Å². The predicted octanol–water partition coefficient (Wildman–Crippen LogP) is 4.14. The van der Waals surface area contributed by atoms with Crippen LogP contribution in [0.4, 0.5) is 0 Å². The second-order valence-electron chi connectivity index (χ2n) is 9.46. The maximum Gasteiger partial charge on any atom is 0.222 e. The summed E-state index contributed by atoms with van der Waals surface area (Å²) in [6.07, 6.45) is 14.2. The third-order valence-electron chi connectivity index (χ3n) is 6.78. The number of nitrogens with one attached hydrogen (secondary N) is 2. The van der Waals surface area contributed by atoms with Gasteiger partial charge < -0.3 is 20.5 Å². The number of pyridine rings is 1. The minimum Gasteiger partial charge on any atom is -0.612 e. The molecular formula is C26H32N5O3-. The Labute approximate surface area is 200 Å². The Morgan fingerprint density at radius 2 is 2.03 bits per heavy atom. The van der Waals surface area contributed by atoms with Gasteiger partial charge in [0, 0.05) is 49.6 Å². The second-order valence-corrected chi connectivity index (χ2v) is 9.46. The van der Waals surface area contributed by atoms with E-state index in [1.807, 2.05) is 12.3 Å². The van der Waals surface area contributed by atoms with Crippen molar-refractivity contribution in [2.45, 2.75) is 40.2 Å². The van der Waals surface area contributed by atoms with Gasteiger partial charge in [-0.3, -0.25) is 4.98 Å². The Hall–Kier alpha value is -3.39. The van der Waals surface area contributed by atoms with Gasteiger partial charge in [0.25, 0.3) is 0 Å². The molecular weight excluding hydrogens is 430 g/mol. The summed E-state index contributed by atoms with van der Waals surface area (Å²) in [6, 6.07) is 4.06. The van der Waals surface area contributed by atoms with E-state index in [4.69, 9.17) is 4.74 Å². The fraction of sp³-hybridized carbons (Fsp3) is 0.423. The fourth-order valence-corrected chi connectivity index (χ4v) is 4.83. The van der Waals surface area contributed by atoms with E-state index in [1.165, 1.54) is 23.3 Å². The first-order chi connectivity index (χ1) is 16.4. The molecule has 2 heterocycles. The van der Waals surface area contributed by atoms with E-state index in [2.05, 4.69) is 53.7 Å². The Morgan fingerprint density at radius 3 is 2.71 bits per heavy atom. The zero-order valence-corrected chi connectivity index (χ0v) is 19.9. The molecule has 1 aromatic heterocycles. The number of hydrogen-bond acceptors (Lipinski definition) is 7. The Morgan fingerprint density at radius 1 is 1.24 bits per heavy atom. The molecule has 0 spiro atoms. The molecule has 3 aliphatic rings. The van der Waals surface area contributed by atoms with Gasteiger partial charge in [0.1, 0.15) is 0 Å². The van der Waals surface area contributed by atoms with Crippen LogP contribution in [0.25, 0.3) is 0 Å². The topological polar surface area (TPSA) is 108 Å². The fourth-order valence-electron chi connectivity index (χ4n) is 4.83. The molecule has 0 fully saturated rings. The maximum atomic E-state index is 10.9. The molecule has 8 nitrogen and oxygen atoms in total. The van der Waals surface area contributed by atoms with Gasteiger partial charge in [-0.05, 0) is 60.8 Å². The summed E-state index contributed by atoms with van der Waals surface area (Å²) in [5, 5.41) is 29.7. The molecule has 0 unspecified atom stereocenters. The van der Waals surface area contributed by atoms with Crippen molar-refractivity contribution in [1.29, 1.82) is 0 Å². The van der Waals surface area contributed by atoms with Gasteiger partial charge >= 0.3 is 0 Å². The van der Waals surface area contributed by atoms with E-state index >= 15 is 0 Å². The molecule has 0 radical (unpaired) electrons. The first-order valence-electron chi connectivity index (χ1n) is 11.8. The zero-order chi connectivity index (χ0) is 24.1. The monoisotopic (exact) mass is 462 g/mol. The van der Waals surface area contributed by atoms with Crippen LogP contribution in [0.2, 0.25) is 0 Å². The number of hydrazone groups is 1. The number of aromatic nitrogens is 1. The second kappa shape index (κ2) is 10.7. The van der Waals surface area contributed by atoms with Crippen LogP contribution in [-0.2, 0) is 11.3 Å². The van der Waals surface area contributed by atoms with Gasteiger partial charge in [0.05, 0.1) is 0 Å². The molecule has 1 aromatic rings. The molecule has 2 N–H and O–H groups in total. The van der Waals surface area contributed by atoms with E-state index in [0.717, 1.165) is 31.5 Å². The smallest absolute Gasteiger partial charge is 0.222 e. The first-order valence-corrected chi connectivity index (χ1v) is 11.8. The molecule has 1 aliphatic heterocycles. The van der Waals surface area contributed by atoms with Gasteiger partial charge in [0.15, 0.2) is 0 Å². The number of nitrogens with zero attached hydrogens (tertiary/aromatic N) is 3. The molecule has 0 saturated carbocycles. The third-order valence-corrected chi connectivity index (χ3v) is 6.78. The quantitative estimate of drug-likeness (QED) is 0.358. The molecule has 0 amide bonds. The number of rotatable bonds is 7. The van der Waals surface area contributed by atoms with Crippen molar-refractivity contribution < 1.29 is 9.64 Å². The molecule has 8 heteroatoms. The number of hydrogen-bond donors (Lipinski definition) is 2. The lowest BCUT2D eigenvalue weighted by molar-refractivity contribution is -0.377. The highest BCUT2D eigenvalue weighted by Gasteiger charge is 2.33. The molecule has 180 valence electrons. The normalized spacial score (nSPS) is 24.1. The Balaban J connectivity index is 1.36. The lowest BCUT2D eigenvalue weighted by atomic mass is 9.70.